The lowest BCUT2D eigenvalue weighted by molar-refractivity contribution is -0.141. The van der Waals surface area contributed by atoms with Crippen LogP contribution in [0.4, 0.5) is 0 Å². The summed E-state index contributed by atoms with van der Waals surface area (Å²) in [5.74, 6) is -0.000290. The smallest absolute Gasteiger partial charge is 0.332 e. The fourth-order valence-electron chi connectivity index (χ4n) is 4.03. The summed E-state index contributed by atoms with van der Waals surface area (Å²) in [5, 5.41) is 0. The Morgan fingerprint density at radius 3 is 1.97 bits per heavy atom. The maximum absolute atomic E-state index is 13.0. The Balaban J connectivity index is 1.81. The first-order chi connectivity index (χ1) is 16.4. The van der Waals surface area contributed by atoms with Gasteiger partial charge in [0.25, 0.3) is 5.56 Å². The Morgan fingerprint density at radius 2 is 1.44 bits per heavy atom. The third kappa shape index (κ3) is 4.69. The molecule has 4 rings (SSSR count). The molecule has 0 radical (unpaired) electrons. The zero-order valence-corrected chi connectivity index (χ0v) is 19.5. The molecule has 34 heavy (non-hydrogen) atoms. The molecule has 0 atom stereocenters. The molecule has 4 aromatic rings. The Hall–Kier alpha value is -3.98. The van der Waals surface area contributed by atoms with Crippen LogP contribution in [-0.4, -0.2) is 36.7 Å². The number of esters is 1. The van der Waals surface area contributed by atoms with Crippen molar-refractivity contribution in [2.75, 3.05) is 7.11 Å². The summed E-state index contributed by atoms with van der Waals surface area (Å²) in [7, 11) is 4.28. The van der Waals surface area contributed by atoms with Gasteiger partial charge in [-0.15, -0.1) is 0 Å². The summed E-state index contributed by atoms with van der Waals surface area (Å²) in [6.07, 6.45) is 0. The first kappa shape index (κ1) is 23.2. The second-order valence-electron chi connectivity index (χ2n) is 8.18. The van der Waals surface area contributed by atoms with Crippen molar-refractivity contribution >= 4 is 17.1 Å². The van der Waals surface area contributed by atoms with Crippen molar-refractivity contribution in [1.29, 1.82) is 0 Å². The van der Waals surface area contributed by atoms with Gasteiger partial charge >= 0.3 is 11.7 Å². The second kappa shape index (κ2) is 9.88. The highest BCUT2D eigenvalue weighted by molar-refractivity contribution is 5.75. The van der Waals surface area contributed by atoms with Gasteiger partial charge < -0.3 is 9.30 Å². The van der Waals surface area contributed by atoms with Gasteiger partial charge in [-0.25, -0.2) is 9.78 Å². The predicted molar refractivity (Wildman–Crippen MR) is 128 cm³/mol. The molecule has 0 saturated heterocycles. The molecule has 0 bridgehead atoms. The molecule has 0 amide bonds. The number of benzene rings is 2. The maximum atomic E-state index is 13.0. The molecule has 9 heteroatoms. The summed E-state index contributed by atoms with van der Waals surface area (Å²) in [6.45, 7) is 1.44. The van der Waals surface area contributed by atoms with E-state index in [9.17, 15) is 14.4 Å². The van der Waals surface area contributed by atoms with Crippen molar-refractivity contribution in [3.63, 3.8) is 0 Å². The van der Waals surface area contributed by atoms with Crippen LogP contribution in [0.15, 0.2) is 70.3 Å². The molecule has 0 fully saturated rings. The van der Waals surface area contributed by atoms with Crippen LogP contribution in [0.1, 0.15) is 17.0 Å². The molecule has 0 spiro atoms. The molecular weight excluding hydrogens is 434 g/mol. The molecule has 176 valence electrons. The summed E-state index contributed by atoms with van der Waals surface area (Å²) in [4.78, 5) is 44.5. The lowest BCUT2D eigenvalue weighted by Crippen LogP contribution is -2.37. The minimum Gasteiger partial charge on any atom is -0.468 e. The molecule has 2 aromatic carbocycles. The van der Waals surface area contributed by atoms with Gasteiger partial charge in [-0.1, -0.05) is 60.7 Å². The number of imidazole rings is 1. The van der Waals surface area contributed by atoms with Gasteiger partial charge in [0.2, 0.25) is 0 Å². The van der Waals surface area contributed by atoms with E-state index >= 15 is 0 Å². The normalized spacial score (nSPS) is 11.3. The largest absolute Gasteiger partial charge is 0.468 e. The van der Waals surface area contributed by atoms with E-state index in [2.05, 4.69) is 34.1 Å². The van der Waals surface area contributed by atoms with Gasteiger partial charge in [-0.05, 0) is 11.1 Å². The van der Waals surface area contributed by atoms with Crippen LogP contribution in [0.25, 0.3) is 11.2 Å². The van der Waals surface area contributed by atoms with Gasteiger partial charge in [0.1, 0.15) is 12.4 Å². The van der Waals surface area contributed by atoms with Crippen LogP contribution in [0.3, 0.4) is 0 Å². The van der Waals surface area contributed by atoms with Crippen molar-refractivity contribution in [3.8, 4) is 0 Å². The number of rotatable bonds is 8. The molecule has 2 heterocycles. The van der Waals surface area contributed by atoms with Crippen molar-refractivity contribution in [3.05, 3.63) is 98.5 Å². The van der Waals surface area contributed by atoms with E-state index < -0.39 is 17.2 Å². The van der Waals surface area contributed by atoms with E-state index in [4.69, 9.17) is 4.74 Å². The Morgan fingerprint density at radius 1 is 0.882 bits per heavy atom. The van der Waals surface area contributed by atoms with E-state index in [0.717, 1.165) is 15.7 Å². The van der Waals surface area contributed by atoms with Gasteiger partial charge in [-0.2, -0.15) is 0 Å². The second-order valence-corrected chi connectivity index (χ2v) is 8.18. The molecule has 0 aliphatic heterocycles. The molecule has 9 nitrogen and oxygen atoms in total. The number of fused-ring (bicyclic) bond motifs is 1. The van der Waals surface area contributed by atoms with Crippen LogP contribution in [0.5, 0.6) is 0 Å². The third-order valence-corrected chi connectivity index (χ3v) is 5.80. The number of ether oxygens (including phenoxy) is 1. The summed E-state index contributed by atoms with van der Waals surface area (Å²) < 4.78 is 8.78. The number of carbonyl (C=O) groups excluding carboxylic acids is 1. The predicted octanol–water partition coefficient (Wildman–Crippen LogP) is 1.81. The summed E-state index contributed by atoms with van der Waals surface area (Å²) in [5.41, 5.74) is 1.71. The lowest BCUT2D eigenvalue weighted by atomic mass is 10.1. The summed E-state index contributed by atoms with van der Waals surface area (Å²) >= 11 is 0. The van der Waals surface area contributed by atoms with Gasteiger partial charge in [0.05, 0.1) is 13.7 Å². The summed E-state index contributed by atoms with van der Waals surface area (Å²) in [6, 6.07) is 20.1. The minimum atomic E-state index is -0.505. The zero-order chi connectivity index (χ0) is 24.2. The Kier molecular flexibility index (Phi) is 6.74. The SMILES string of the molecule is COC(=O)Cn1c(CN(Cc2ccccc2)Cc2ccccc2)nc2c1c(=O)n(C)c(=O)n2C. The molecule has 0 unspecified atom stereocenters. The average Bonchev–Trinajstić information content (AvgIpc) is 3.20. The van der Waals surface area contributed by atoms with Crippen LogP contribution in [0.2, 0.25) is 0 Å². The number of nitrogens with zero attached hydrogens (tertiary/aromatic N) is 5. The number of hydrogen-bond donors (Lipinski definition) is 0. The minimum absolute atomic E-state index is 0.180. The number of aryl methyl sites for hydroxylation is 1. The van der Waals surface area contributed by atoms with Gasteiger partial charge in [0.15, 0.2) is 11.2 Å². The molecule has 0 saturated carbocycles. The van der Waals surface area contributed by atoms with E-state index in [0.29, 0.717) is 25.5 Å². The van der Waals surface area contributed by atoms with Gasteiger partial charge in [-0.3, -0.25) is 23.6 Å². The van der Waals surface area contributed by atoms with Crippen molar-refractivity contribution in [1.82, 2.24) is 23.6 Å². The van der Waals surface area contributed by atoms with Crippen molar-refractivity contribution in [2.24, 2.45) is 14.1 Å². The highest BCUT2D eigenvalue weighted by Gasteiger charge is 2.22. The van der Waals surface area contributed by atoms with Crippen LogP contribution in [0, 0.1) is 0 Å². The van der Waals surface area contributed by atoms with Crippen molar-refractivity contribution in [2.45, 2.75) is 26.2 Å². The van der Waals surface area contributed by atoms with E-state index in [1.165, 1.54) is 18.7 Å². The molecule has 0 N–H and O–H groups in total. The molecule has 0 aliphatic rings. The van der Waals surface area contributed by atoms with E-state index in [1.807, 2.05) is 36.4 Å². The number of methoxy groups -OCH3 is 1. The maximum Gasteiger partial charge on any atom is 0.332 e. The van der Waals surface area contributed by atoms with Crippen LogP contribution >= 0.6 is 0 Å². The first-order valence-electron chi connectivity index (χ1n) is 10.9. The standard InChI is InChI=1S/C25H27N5O4/c1-27-23-22(24(32)28(2)25(27)33)30(17-21(31)34-3)20(26-23)16-29(14-18-10-6-4-7-11-18)15-19-12-8-5-9-13-19/h4-13H,14-17H2,1-3H3. The van der Waals surface area contributed by atoms with Gasteiger partial charge in [0, 0.05) is 27.2 Å². The topological polar surface area (TPSA) is 91.4 Å². The molecule has 2 aromatic heterocycles. The number of hydrogen-bond acceptors (Lipinski definition) is 6. The first-order valence-corrected chi connectivity index (χ1v) is 10.9. The third-order valence-electron chi connectivity index (χ3n) is 5.80. The Labute approximate surface area is 196 Å². The number of aromatic nitrogens is 4. The highest BCUT2D eigenvalue weighted by atomic mass is 16.5. The van der Waals surface area contributed by atoms with E-state index in [1.54, 1.807) is 11.6 Å². The van der Waals surface area contributed by atoms with Crippen LogP contribution < -0.4 is 11.2 Å². The molecule has 0 aliphatic carbocycles. The Bertz CT molecular complexity index is 1380. The monoisotopic (exact) mass is 461 g/mol. The number of carbonyl (C=O) groups is 1. The van der Waals surface area contributed by atoms with Crippen LogP contribution in [-0.2, 0) is 49.8 Å². The van der Waals surface area contributed by atoms with Crippen molar-refractivity contribution < 1.29 is 9.53 Å². The quantitative estimate of drug-likeness (QED) is 0.372. The van der Waals surface area contributed by atoms with E-state index in [-0.39, 0.29) is 17.7 Å². The fraction of sp³-hybridized carbons (Fsp3) is 0.280. The average molecular weight is 462 g/mol. The molecular formula is C25H27N5O4. The zero-order valence-electron chi connectivity index (χ0n) is 19.5. The lowest BCUT2D eigenvalue weighted by Gasteiger charge is -2.23. The highest BCUT2D eigenvalue weighted by Crippen LogP contribution is 2.17. The fourth-order valence-corrected chi connectivity index (χ4v) is 4.03.